The molecule has 0 N–H and O–H groups in total. The van der Waals surface area contributed by atoms with Crippen LogP contribution in [0.2, 0.25) is 0 Å². The van der Waals surface area contributed by atoms with Crippen molar-refractivity contribution >= 4 is 19.2 Å². The molecule has 0 amide bonds. The first-order valence-corrected chi connectivity index (χ1v) is 7.62. The Hall–Kier alpha value is -1.91. The van der Waals surface area contributed by atoms with Crippen molar-refractivity contribution < 1.29 is 0 Å². The largest absolute Gasteiger partial charge is 0.0942 e. The molecule has 0 radical (unpaired) electrons. The summed E-state index contributed by atoms with van der Waals surface area (Å²) in [5.74, 6) is 0. The molecular formula is C18H16P+. The van der Waals surface area contributed by atoms with Crippen molar-refractivity contribution in [2.24, 2.45) is 0 Å². The molecule has 0 aliphatic rings. The summed E-state index contributed by atoms with van der Waals surface area (Å²) in [6, 6.07) is 30.2. The molecule has 0 aliphatic heterocycles. The van der Waals surface area contributed by atoms with Crippen molar-refractivity contribution in [3.05, 3.63) is 84.9 Å². The molecule has 1 heteroatoms. The number of hydrogen-bond acceptors (Lipinski definition) is 0. The molecule has 0 nitrogen and oxygen atoms in total. The molecule has 3 aromatic rings. The van der Waals surface area contributed by atoms with Gasteiger partial charge in [0.05, 0.1) is 19.2 Å². The van der Waals surface area contributed by atoms with Gasteiger partial charge in [0.15, 0.2) is 0 Å². The maximum absolute atomic E-state index is 2.25. The summed E-state index contributed by atoms with van der Waals surface area (Å²) < 4.78 is 0. The average molecular weight is 263 g/mol. The second-order valence-electron chi connectivity index (χ2n) is 4.54. The van der Waals surface area contributed by atoms with E-state index in [2.05, 4.69) is 84.9 Å². The first-order chi connectivity index (χ1) is 9.42. The maximum atomic E-state index is 2.25. The molecule has 0 aromatic heterocycles. The number of hydrogen-bond donors (Lipinski definition) is 0. The van der Waals surface area contributed by atoms with Gasteiger partial charge in [0.1, 0.15) is 0 Å². The van der Waals surface area contributed by atoms with Crippen molar-refractivity contribution in [3.8, 4) is 11.1 Å². The zero-order valence-corrected chi connectivity index (χ0v) is 11.8. The molecule has 0 aliphatic carbocycles. The normalized spacial score (nSPS) is 10.9. The minimum atomic E-state index is 0.200. The van der Waals surface area contributed by atoms with Crippen LogP contribution in [0.4, 0.5) is 0 Å². The highest BCUT2D eigenvalue weighted by atomic mass is 31.1. The standard InChI is InChI=1S/C18H15P/c1-3-7-15(8-4-1)16-11-13-18(14-12-16)19-17-9-5-2-6-10-17/h1-14,19H/p+1. The van der Waals surface area contributed by atoms with E-state index in [-0.39, 0.29) is 8.58 Å². The Morgan fingerprint density at radius 1 is 0.421 bits per heavy atom. The molecule has 0 spiro atoms. The summed E-state index contributed by atoms with van der Waals surface area (Å²) >= 11 is 0. The molecule has 19 heavy (non-hydrogen) atoms. The van der Waals surface area contributed by atoms with E-state index < -0.39 is 0 Å². The minimum Gasteiger partial charge on any atom is -0.0622 e. The smallest absolute Gasteiger partial charge is 0.0622 e. The Labute approximate surface area is 115 Å². The van der Waals surface area contributed by atoms with Crippen LogP contribution in [-0.4, -0.2) is 0 Å². The summed E-state index contributed by atoms with van der Waals surface area (Å²) in [6.45, 7) is 0. The van der Waals surface area contributed by atoms with Crippen LogP contribution < -0.4 is 10.6 Å². The highest BCUT2D eigenvalue weighted by Gasteiger charge is 2.03. The summed E-state index contributed by atoms with van der Waals surface area (Å²) in [6.07, 6.45) is 0. The molecule has 92 valence electrons. The van der Waals surface area contributed by atoms with Crippen molar-refractivity contribution in [3.63, 3.8) is 0 Å². The van der Waals surface area contributed by atoms with E-state index >= 15 is 0 Å². The van der Waals surface area contributed by atoms with Gasteiger partial charge in [-0.3, -0.25) is 0 Å². The van der Waals surface area contributed by atoms with Crippen LogP contribution in [0.5, 0.6) is 0 Å². The molecule has 0 saturated carbocycles. The Kier molecular flexibility index (Phi) is 3.72. The van der Waals surface area contributed by atoms with Gasteiger partial charge in [0.2, 0.25) is 0 Å². The SMILES string of the molecule is c1ccc([PH2+]c2ccc(-c3ccccc3)cc2)cc1. The van der Waals surface area contributed by atoms with E-state index in [0.29, 0.717) is 0 Å². The predicted octanol–water partition coefficient (Wildman–Crippen LogP) is 3.72. The lowest BCUT2D eigenvalue weighted by Crippen LogP contribution is -2.02. The molecule has 3 rings (SSSR count). The third-order valence-electron chi connectivity index (χ3n) is 3.15. The molecule has 3 aromatic carbocycles. The van der Waals surface area contributed by atoms with Crippen LogP contribution in [-0.2, 0) is 0 Å². The zero-order valence-electron chi connectivity index (χ0n) is 10.7. The van der Waals surface area contributed by atoms with Gasteiger partial charge < -0.3 is 0 Å². The zero-order chi connectivity index (χ0) is 12.9. The third kappa shape index (κ3) is 3.10. The lowest BCUT2D eigenvalue weighted by molar-refractivity contribution is 1.64. The van der Waals surface area contributed by atoms with Crippen LogP contribution in [0.3, 0.4) is 0 Å². The molecule has 0 heterocycles. The Balaban J connectivity index is 1.80. The molecule has 0 fully saturated rings. The van der Waals surface area contributed by atoms with Crippen LogP contribution in [0, 0.1) is 0 Å². The van der Waals surface area contributed by atoms with Crippen LogP contribution >= 0.6 is 8.58 Å². The quantitative estimate of drug-likeness (QED) is 0.632. The highest BCUT2D eigenvalue weighted by Crippen LogP contribution is 2.19. The first-order valence-electron chi connectivity index (χ1n) is 6.47. The van der Waals surface area contributed by atoms with Gasteiger partial charge in [-0.1, -0.05) is 60.7 Å². The summed E-state index contributed by atoms with van der Waals surface area (Å²) in [4.78, 5) is 0. The van der Waals surface area contributed by atoms with Crippen LogP contribution in [0.15, 0.2) is 84.9 Å². The molecule has 1 unspecified atom stereocenters. The van der Waals surface area contributed by atoms with Crippen LogP contribution in [0.25, 0.3) is 11.1 Å². The van der Waals surface area contributed by atoms with Gasteiger partial charge in [0.25, 0.3) is 0 Å². The Morgan fingerprint density at radius 2 is 0.895 bits per heavy atom. The second kappa shape index (κ2) is 5.82. The predicted molar refractivity (Wildman–Crippen MR) is 87.3 cm³/mol. The Bertz CT molecular complexity index is 628. The van der Waals surface area contributed by atoms with E-state index in [9.17, 15) is 0 Å². The van der Waals surface area contributed by atoms with E-state index in [1.807, 2.05) is 0 Å². The van der Waals surface area contributed by atoms with Crippen molar-refractivity contribution in [1.82, 2.24) is 0 Å². The summed E-state index contributed by atoms with van der Waals surface area (Å²) in [5, 5.41) is 2.88. The van der Waals surface area contributed by atoms with Crippen molar-refractivity contribution in [2.75, 3.05) is 0 Å². The maximum Gasteiger partial charge on any atom is 0.0942 e. The first kappa shape index (κ1) is 12.1. The van der Waals surface area contributed by atoms with Gasteiger partial charge in [-0.2, -0.15) is 0 Å². The van der Waals surface area contributed by atoms with Crippen molar-refractivity contribution in [2.45, 2.75) is 0 Å². The van der Waals surface area contributed by atoms with Gasteiger partial charge in [-0.05, 0) is 35.4 Å². The Morgan fingerprint density at radius 3 is 1.53 bits per heavy atom. The summed E-state index contributed by atoms with van der Waals surface area (Å²) in [5.41, 5.74) is 2.57. The molecule has 0 saturated heterocycles. The topological polar surface area (TPSA) is 0 Å². The number of rotatable bonds is 3. The fraction of sp³-hybridized carbons (Fsp3) is 0. The van der Waals surface area contributed by atoms with Crippen LogP contribution in [0.1, 0.15) is 0 Å². The van der Waals surface area contributed by atoms with E-state index in [4.69, 9.17) is 0 Å². The molecule has 0 bridgehead atoms. The fourth-order valence-corrected chi connectivity index (χ4v) is 3.33. The van der Waals surface area contributed by atoms with E-state index in [0.717, 1.165) is 0 Å². The minimum absolute atomic E-state index is 0.200. The van der Waals surface area contributed by atoms with Gasteiger partial charge in [0, 0.05) is 0 Å². The molecular weight excluding hydrogens is 247 g/mol. The average Bonchev–Trinajstić information content (AvgIpc) is 2.50. The van der Waals surface area contributed by atoms with Gasteiger partial charge in [-0.15, -0.1) is 0 Å². The van der Waals surface area contributed by atoms with Gasteiger partial charge >= 0.3 is 0 Å². The highest BCUT2D eigenvalue weighted by molar-refractivity contribution is 7.55. The monoisotopic (exact) mass is 263 g/mol. The summed E-state index contributed by atoms with van der Waals surface area (Å²) in [7, 11) is 0.200. The lowest BCUT2D eigenvalue weighted by atomic mass is 10.1. The van der Waals surface area contributed by atoms with E-state index in [1.165, 1.54) is 21.7 Å². The van der Waals surface area contributed by atoms with E-state index in [1.54, 1.807) is 0 Å². The fourth-order valence-electron chi connectivity index (χ4n) is 2.14. The van der Waals surface area contributed by atoms with Gasteiger partial charge in [-0.25, -0.2) is 0 Å². The third-order valence-corrected chi connectivity index (χ3v) is 4.59. The second-order valence-corrected chi connectivity index (χ2v) is 6.17. The van der Waals surface area contributed by atoms with Crippen molar-refractivity contribution in [1.29, 1.82) is 0 Å². The molecule has 1 atom stereocenters. The number of benzene rings is 3. The lowest BCUT2D eigenvalue weighted by Gasteiger charge is -2.01.